The zero-order valence-electron chi connectivity index (χ0n) is 18.2. The van der Waals surface area contributed by atoms with E-state index in [4.69, 9.17) is 0 Å². The molecule has 3 heteroatoms. The molecule has 0 bridgehead atoms. The Bertz CT molecular complexity index is 486. The molecular formula is C24H38Cl2Zr. The Morgan fingerprint density at radius 2 is 0.963 bits per heavy atom. The number of rotatable bonds is 8. The van der Waals surface area contributed by atoms with Crippen LogP contribution in [0.15, 0.2) is 24.3 Å². The van der Waals surface area contributed by atoms with E-state index >= 15 is 0 Å². The summed E-state index contributed by atoms with van der Waals surface area (Å²) in [6, 6.07) is 9.51. The second-order valence-electron chi connectivity index (χ2n) is 6.74. The van der Waals surface area contributed by atoms with Crippen molar-refractivity contribution in [1.82, 2.24) is 0 Å². The summed E-state index contributed by atoms with van der Waals surface area (Å²) >= 11 is 0. The van der Waals surface area contributed by atoms with Crippen molar-refractivity contribution >= 4 is 0 Å². The zero-order valence-corrected chi connectivity index (χ0v) is 22.2. The van der Waals surface area contributed by atoms with Crippen LogP contribution in [0.4, 0.5) is 0 Å². The Morgan fingerprint density at radius 3 is 1.15 bits per heavy atom. The molecule has 0 fully saturated rings. The Labute approximate surface area is 200 Å². The molecule has 0 N–H and O–H groups in total. The summed E-state index contributed by atoms with van der Waals surface area (Å²) in [6.45, 7) is 13.4. The van der Waals surface area contributed by atoms with E-state index in [0.717, 1.165) is 0 Å². The minimum Gasteiger partial charge on any atom is -1.00 e. The molecule has 0 heterocycles. The van der Waals surface area contributed by atoms with Crippen LogP contribution < -0.4 is 24.8 Å². The largest absolute Gasteiger partial charge is 4.00 e. The average molecular weight is 489 g/mol. The van der Waals surface area contributed by atoms with Gasteiger partial charge >= 0.3 is 26.2 Å². The third kappa shape index (κ3) is 10.5. The molecule has 0 aliphatic heterocycles. The Morgan fingerprint density at radius 1 is 0.630 bits per heavy atom. The van der Waals surface area contributed by atoms with Crippen LogP contribution in [0.1, 0.15) is 87.8 Å². The van der Waals surface area contributed by atoms with Gasteiger partial charge in [-0.2, -0.15) is 45.5 Å². The predicted octanol–water partition coefficient (Wildman–Crippen LogP) is 0.971. The normalized spacial score (nSPS) is 9.41. The van der Waals surface area contributed by atoms with E-state index < -0.39 is 0 Å². The van der Waals surface area contributed by atoms with Crippen molar-refractivity contribution in [3.63, 3.8) is 0 Å². The monoisotopic (exact) mass is 486 g/mol. The van der Waals surface area contributed by atoms with Gasteiger partial charge in [-0.3, -0.25) is 0 Å². The van der Waals surface area contributed by atoms with Gasteiger partial charge in [0.15, 0.2) is 0 Å². The fraction of sp³-hybridized carbons (Fsp3) is 0.583. The second kappa shape index (κ2) is 18.2. The van der Waals surface area contributed by atoms with Crippen molar-refractivity contribution in [2.24, 2.45) is 0 Å². The molecule has 2 aromatic rings. The summed E-state index contributed by atoms with van der Waals surface area (Å²) in [7, 11) is 0. The van der Waals surface area contributed by atoms with Crippen LogP contribution in [-0.2, 0) is 64.7 Å². The van der Waals surface area contributed by atoms with Crippen molar-refractivity contribution < 1.29 is 51.0 Å². The zero-order chi connectivity index (χ0) is 17.9. The molecule has 0 saturated carbocycles. The van der Waals surface area contributed by atoms with Crippen molar-refractivity contribution in [3.8, 4) is 0 Å². The first kappa shape index (κ1) is 31.8. The van der Waals surface area contributed by atoms with Gasteiger partial charge in [0.05, 0.1) is 0 Å². The van der Waals surface area contributed by atoms with Gasteiger partial charge in [0.25, 0.3) is 0 Å². The minimum absolute atomic E-state index is 0. The summed E-state index contributed by atoms with van der Waals surface area (Å²) in [5, 5.41) is 0. The maximum Gasteiger partial charge on any atom is 4.00 e. The molecule has 2 aromatic carbocycles. The molecule has 0 nitrogen and oxygen atoms in total. The van der Waals surface area contributed by atoms with Crippen molar-refractivity contribution in [2.45, 2.75) is 92.9 Å². The molecule has 27 heavy (non-hydrogen) atoms. The third-order valence-electron chi connectivity index (χ3n) is 4.86. The summed E-state index contributed by atoms with van der Waals surface area (Å²) < 4.78 is 0. The van der Waals surface area contributed by atoms with Crippen LogP contribution in [0.2, 0.25) is 0 Å². The van der Waals surface area contributed by atoms with Gasteiger partial charge in [-0.05, 0) is 0 Å². The quantitative estimate of drug-likeness (QED) is 0.486. The van der Waals surface area contributed by atoms with Crippen LogP contribution in [0.5, 0.6) is 0 Å². The van der Waals surface area contributed by atoms with Crippen molar-refractivity contribution in [3.05, 3.63) is 57.6 Å². The Hall–Kier alpha value is 0.163. The molecule has 0 spiro atoms. The first-order valence-corrected chi connectivity index (χ1v) is 10.2. The van der Waals surface area contributed by atoms with Gasteiger partial charge in [-0.15, -0.1) is 0 Å². The molecule has 152 valence electrons. The van der Waals surface area contributed by atoms with E-state index in [2.05, 4.69) is 65.8 Å². The first-order chi connectivity index (χ1) is 11.6. The molecular weight excluding hydrogens is 450 g/mol. The third-order valence-corrected chi connectivity index (χ3v) is 4.86. The maximum atomic E-state index is 2.38. The fourth-order valence-electron chi connectivity index (χ4n) is 3.53. The molecule has 0 aliphatic carbocycles. The van der Waals surface area contributed by atoms with Crippen LogP contribution in [0.25, 0.3) is 0 Å². The maximum absolute atomic E-state index is 2.38. The smallest absolute Gasteiger partial charge is 1.00 e. The second-order valence-corrected chi connectivity index (χ2v) is 6.74. The van der Waals surface area contributed by atoms with E-state index in [9.17, 15) is 0 Å². The summed E-state index contributed by atoms with van der Waals surface area (Å²) in [4.78, 5) is 0. The Kier molecular flexibility index (Phi) is 21.5. The van der Waals surface area contributed by atoms with Crippen molar-refractivity contribution in [1.29, 1.82) is 0 Å². The number of hydrogen-bond donors (Lipinski definition) is 0. The summed E-state index contributed by atoms with van der Waals surface area (Å²) in [6.07, 6.45) is 9.76. The van der Waals surface area contributed by atoms with Gasteiger partial charge in [0.1, 0.15) is 0 Å². The van der Waals surface area contributed by atoms with Crippen molar-refractivity contribution in [2.75, 3.05) is 0 Å². The van der Waals surface area contributed by atoms with Gasteiger partial charge < -0.3 is 24.8 Å². The summed E-state index contributed by atoms with van der Waals surface area (Å²) in [5.41, 5.74) is 9.29. The van der Waals surface area contributed by atoms with E-state index in [-0.39, 0.29) is 51.0 Å². The molecule has 0 radical (unpaired) electrons. The summed E-state index contributed by atoms with van der Waals surface area (Å²) in [5.74, 6) is 0. The molecule has 0 aromatic heterocycles. The van der Waals surface area contributed by atoms with E-state index in [1.54, 1.807) is 22.3 Å². The topological polar surface area (TPSA) is 0 Å². The number of halogens is 2. The minimum atomic E-state index is 0. The van der Waals surface area contributed by atoms with E-state index in [1.807, 2.05) is 0 Å². The predicted molar refractivity (Wildman–Crippen MR) is 110 cm³/mol. The number of hydrogen-bond acceptors (Lipinski definition) is 0. The van der Waals surface area contributed by atoms with Gasteiger partial charge in [-0.25, -0.2) is 12.1 Å². The van der Waals surface area contributed by atoms with Gasteiger partial charge in [0.2, 0.25) is 0 Å². The molecule has 2 rings (SSSR count). The fourth-order valence-corrected chi connectivity index (χ4v) is 3.53. The SMILES string of the molecule is CCCc1cc(CC)[c-](CC)c1.CCCc1cc(CC)[c-](CC)c1.[Cl-].[Cl-].[Zr+4]. The molecule has 0 unspecified atom stereocenters. The van der Waals surface area contributed by atoms with Crippen LogP contribution in [0, 0.1) is 0 Å². The standard InChI is InChI=1S/2C12H19.2ClH.Zr/c2*1-4-7-10-8-11(5-2)12(6-3)9-10;;;/h2*8-9H,4-7H2,1-3H3;2*1H;/q2*-1;;;+4/p-2. The Balaban J connectivity index is -0.000000384. The van der Waals surface area contributed by atoms with E-state index in [0.29, 0.717) is 0 Å². The molecule has 0 aliphatic rings. The molecule has 0 amide bonds. The van der Waals surface area contributed by atoms with Gasteiger partial charge in [0, 0.05) is 0 Å². The number of aryl methyl sites for hydroxylation is 6. The van der Waals surface area contributed by atoms with Crippen LogP contribution in [0.3, 0.4) is 0 Å². The van der Waals surface area contributed by atoms with E-state index in [1.165, 1.54) is 62.5 Å². The van der Waals surface area contributed by atoms with Crippen LogP contribution in [-0.4, -0.2) is 0 Å². The first-order valence-electron chi connectivity index (χ1n) is 10.2. The molecule has 0 atom stereocenters. The van der Waals surface area contributed by atoms with Gasteiger partial charge in [-0.1, -0.05) is 92.9 Å². The van der Waals surface area contributed by atoms with Crippen LogP contribution >= 0.6 is 0 Å². The average Bonchev–Trinajstić information content (AvgIpc) is 3.19. The molecule has 0 saturated heterocycles.